The van der Waals surface area contributed by atoms with Crippen LogP contribution in [-0.4, -0.2) is 28.5 Å². The second-order valence-electron chi connectivity index (χ2n) is 6.38. The van der Waals surface area contributed by atoms with Crippen LogP contribution in [0.3, 0.4) is 0 Å². The van der Waals surface area contributed by atoms with Crippen molar-refractivity contribution < 1.29 is 23.6 Å². The summed E-state index contributed by atoms with van der Waals surface area (Å²) in [5.74, 6) is 6.51. The van der Waals surface area contributed by atoms with Gasteiger partial charge in [0.1, 0.15) is 12.4 Å². The number of aryl methyl sites for hydroxylation is 1. The fourth-order valence-corrected chi connectivity index (χ4v) is 4.00. The molecule has 2 aromatic rings. The van der Waals surface area contributed by atoms with E-state index in [2.05, 4.69) is 16.4 Å². The number of phosphoric ester groups is 1. The van der Waals surface area contributed by atoms with Gasteiger partial charge in [0.25, 0.3) is 0 Å². The molecule has 1 heterocycles. The predicted octanol–water partition coefficient (Wildman–Crippen LogP) is 4.24. The Balaban J connectivity index is 1.82. The summed E-state index contributed by atoms with van der Waals surface area (Å²) in [5.41, 5.74) is 5.18. The van der Waals surface area contributed by atoms with Crippen LogP contribution in [-0.2, 0) is 15.5 Å². The highest BCUT2D eigenvalue weighted by Crippen LogP contribution is 2.37. The minimum Gasteiger partial charge on any atom is -0.481 e. The molecule has 1 aromatic carbocycles. The molecule has 10 heteroatoms. The molecule has 0 aliphatic rings. The van der Waals surface area contributed by atoms with Gasteiger partial charge in [-0.2, -0.15) is 0 Å². The lowest BCUT2D eigenvalue weighted by molar-refractivity contribution is 0.154. The molecule has 4 N–H and O–H groups in total. The first-order chi connectivity index (χ1) is 13.0. The molecule has 0 aliphatic carbocycles. The maximum absolute atomic E-state index is 10.8. The number of halogens is 2. The van der Waals surface area contributed by atoms with Gasteiger partial charge in [-0.25, -0.2) is 4.57 Å². The average Bonchev–Trinajstić information content (AvgIpc) is 3.02. The quantitative estimate of drug-likeness (QED) is 0.399. The zero-order valence-electron chi connectivity index (χ0n) is 15.0. The number of ether oxygens (including phenoxy) is 1. The molecule has 1 unspecified atom stereocenters. The number of hydrogen-bond donors (Lipinski definition) is 3. The van der Waals surface area contributed by atoms with Crippen LogP contribution in [0.25, 0.3) is 0 Å². The van der Waals surface area contributed by atoms with Crippen molar-refractivity contribution >= 4 is 42.4 Å². The van der Waals surface area contributed by atoms with E-state index in [1.807, 2.05) is 12.1 Å². The van der Waals surface area contributed by atoms with E-state index in [0.717, 1.165) is 9.75 Å². The van der Waals surface area contributed by atoms with Gasteiger partial charge in [0.15, 0.2) is 0 Å². The average molecular weight is 464 g/mol. The van der Waals surface area contributed by atoms with E-state index in [1.54, 1.807) is 25.1 Å². The molecule has 28 heavy (non-hydrogen) atoms. The topological polar surface area (TPSA) is 102 Å². The fraction of sp³-hybridized carbons (Fsp3) is 0.333. The van der Waals surface area contributed by atoms with Gasteiger partial charge >= 0.3 is 7.82 Å². The number of phosphoric acid groups is 1. The van der Waals surface area contributed by atoms with Gasteiger partial charge in [-0.3, -0.25) is 4.52 Å². The Hall–Kier alpha value is -1.07. The third kappa shape index (κ3) is 8.95. The lowest BCUT2D eigenvalue weighted by Crippen LogP contribution is -2.41. The summed E-state index contributed by atoms with van der Waals surface area (Å²) in [7, 11) is -4.52. The standard InChI is InChI=1S/C18H20Cl2NO5PS/c1-18(21,12-26-27(22,23)24)7-6-17-5-4-16(28-17)3-2-8-25-15-10-13(19)9-14(20)11-15/h4-5,9-11H,6-8,12,21H2,1H3,(H2,22,23,24). The Morgan fingerprint density at radius 1 is 1.25 bits per heavy atom. The van der Waals surface area contributed by atoms with Gasteiger partial charge in [0.2, 0.25) is 0 Å². The lowest BCUT2D eigenvalue weighted by atomic mass is 9.98. The minimum atomic E-state index is -4.52. The van der Waals surface area contributed by atoms with Crippen LogP contribution in [0.5, 0.6) is 5.75 Å². The third-order valence-corrected chi connectivity index (χ3v) is 5.49. The van der Waals surface area contributed by atoms with Crippen LogP contribution < -0.4 is 10.5 Å². The molecule has 0 radical (unpaired) electrons. The van der Waals surface area contributed by atoms with E-state index in [1.165, 1.54) is 11.3 Å². The molecule has 0 bridgehead atoms. The Kier molecular flexibility index (Phi) is 8.38. The van der Waals surface area contributed by atoms with Crippen LogP contribution in [0.2, 0.25) is 10.0 Å². The summed E-state index contributed by atoms with van der Waals surface area (Å²) < 4.78 is 20.8. The Morgan fingerprint density at radius 2 is 1.93 bits per heavy atom. The predicted molar refractivity (Wildman–Crippen MR) is 112 cm³/mol. The molecule has 0 fully saturated rings. The number of thiophene rings is 1. The highest BCUT2D eigenvalue weighted by Gasteiger charge is 2.24. The normalized spacial score (nSPS) is 13.5. The zero-order valence-corrected chi connectivity index (χ0v) is 18.2. The van der Waals surface area contributed by atoms with Gasteiger partial charge in [-0.15, -0.1) is 11.3 Å². The van der Waals surface area contributed by atoms with Crippen LogP contribution in [0, 0.1) is 11.8 Å². The largest absolute Gasteiger partial charge is 0.481 e. The van der Waals surface area contributed by atoms with Crippen molar-refractivity contribution in [2.24, 2.45) is 5.73 Å². The van der Waals surface area contributed by atoms with E-state index >= 15 is 0 Å². The highest BCUT2D eigenvalue weighted by molar-refractivity contribution is 7.46. The second kappa shape index (κ2) is 10.1. The molecule has 152 valence electrons. The molecule has 0 amide bonds. The summed E-state index contributed by atoms with van der Waals surface area (Å²) in [6.45, 7) is 1.67. The number of hydrogen-bond acceptors (Lipinski definition) is 5. The van der Waals surface area contributed by atoms with Crippen molar-refractivity contribution in [3.8, 4) is 17.6 Å². The highest BCUT2D eigenvalue weighted by atomic mass is 35.5. The molecule has 6 nitrogen and oxygen atoms in total. The number of benzene rings is 1. The Bertz CT molecular complexity index is 896. The van der Waals surface area contributed by atoms with Gasteiger partial charge in [-0.1, -0.05) is 35.0 Å². The van der Waals surface area contributed by atoms with Gasteiger partial charge < -0.3 is 20.3 Å². The van der Waals surface area contributed by atoms with Gasteiger partial charge in [0.05, 0.1) is 11.5 Å². The van der Waals surface area contributed by atoms with Crippen molar-refractivity contribution in [3.05, 3.63) is 50.1 Å². The first-order valence-corrected chi connectivity index (χ1v) is 11.3. The zero-order chi connectivity index (χ0) is 20.8. The second-order valence-corrected chi connectivity index (χ2v) is 9.66. The number of nitrogens with two attached hydrogens (primary N) is 1. The van der Waals surface area contributed by atoms with Crippen molar-refractivity contribution in [2.45, 2.75) is 25.3 Å². The van der Waals surface area contributed by atoms with Gasteiger partial charge in [-0.05, 0) is 50.1 Å². The van der Waals surface area contributed by atoms with E-state index in [9.17, 15) is 4.57 Å². The minimum absolute atomic E-state index is 0.199. The maximum Gasteiger partial charge on any atom is 0.469 e. The molecule has 0 aliphatic heterocycles. The van der Waals surface area contributed by atoms with Crippen LogP contribution >= 0.6 is 42.4 Å². The summed E-state index contributed by atoms with van der Waals surface area (Å²) in [6.07, 6.45) is 1.17. The Morgan fingerprint density at radius 3 is 2.57 bits per heavy atom. The molecule has 0 spiro atoms. The molecular weight excluding hydrogens is 444 g/mol. The summed E-state index contributed by atoms with van der Waals surface area (Å²) in [5, 5.41) is 0.993. The van der Waals surface area contributed by atoms with E-state index < -0.39 is 13.4 Å². The lowest BCUT2D eigenvalue weighted by Gasteiger charge is -2.24. The van der Waals surface area contributed by atoms with E-state index in [4.69, 9.17) is 43.5 Å². The van der Waals surface area contributed by atoms with Crippen molar-refractivity contribution in [3.63, 3.8) is 0 Å². The van der Waals surface area contributed by atoms with Crippen LogP contribution in [0.15, 0.2) is 30.3 Å². The molecule has 1 atom stereocenters. The maximum atomic E-state index is 10.8. The molecule has 2 rings (SSSR count). The van der Waals surface area contributed by atoms with Crippen molar-refractivity contribution in [1.29, 1.82) is 0 Å². The van der Waals surface area contributed by atoms with Crippen LogP contribution in [0.1, 0.15) is 23.1 Å². The fourth-order valence-electron chi connectivity index (χ4n) is 2.15. The SMILES string of the molecule is CC(N)(CCc1ccc(C#CCOc2cc(Cl)cc(Cl)c2)s1)COP(=O)(O)O. The summed E-state index contributed by atoms with van der Waals surface area (Å²) in [4.78, 5) is 19.5. The first-order valence-electron chi connectivity index (χ1n) is 8.18. The van der Waals surface area contributed by atoms with Gasteiger partial charge in [0, 0.05) is 20.5 Å². The third-order valence-electron chi connectivity index (χ3n) is 3.53. The molecule has 0 saturated heterocycles. The smallest absolute Gasteiger partial charge is 0.469 e. The Labute approximate surface area is 177 Å². The van der Waals surface area contributed by atoms with Crippen molar-refractivity contribution in [2.75, 3.05) is 13.2 Å². The summed E-state index contributed by atoms with van der Waals surface area (Å²) >= 11 is 13.3. The molecule has 0 saturated carbocycles. The monoisotopic (exact) mass is 463 g/mol. The molecular formula is C18H20Cl2NO5PS. The van der Waals surface area contributed by atoms with Crippen LogP contribution in [0.4, 0.5) is 0 Å². The van der Waals surface area contributed by atoms with E-state index in [-0.39, 0.29) is 13.2 Å². The van der Waals surface area contributed by atoms with E-state index in [0.29, 0.717) is 28.6 Å². The van der Waals surface area contributed by atoms with Crippen molar-refractivity contribution in [1.82, 2.24) is 0 Å². The summed E-state index contributed by atoms with van der Waals surface area (Å²) in [6, 6.07) is 8.81. The number of rotatable bonds is 8. The first kappa shape index (κ1) is 23.2. The molecule has 1 aromatic heterocycles.